The van der Waals surface area contributed by atoms with Gasteiger partial charge in [0.1, 0.15) is 5.82 Å². The van der Waals surface area contributed by atoms with E-state index < -0.39 is 0 Å². The van der Waals surface area contributed by atoms with Crippen LogP contribution in [-0.4, -0.2) is 29.7 Å². The zero-order chi connectivity index (χ0) is 19.5. The number of aromatic nitrogens is 6. The van der Waals surface area contributed by atoms with Crippen molar-refractivity contribution in [2.45, 2.75) is 39.7 Å². The first-order valence-corrected chi connectivity index (χ1v) is 9.61. The highest BCUT2D eigenvalue weighted by atomic mass is 15.1. The molecule has 1 atom stereocenters. The predicted molar refractivity (Wildman–Crippen MR) is 110 cm³/mol. The van der Waals surface area contributed by atoms with Crippen LogP contribution in [0.5, 0.6) is 0 Å². The van der Waals surface area contributed by atoms with Crippen molar-refractivity contribution in [3.63, 3.8) is 0 Å². The molecule has 1 unspecified atom stereocenters. The number of aryl methyl sites for hydroxylation is 2. The lowest BCUT2D eigenvalue weighted by Crippen LogP contribution is -2.10. The summed E-state index contributed by atoms with van der Waals surface area (Å²) in [4.78, 5) is 13.9. The van der Waals surface area contributed by atoms with Gasteiger partial charge in [-0.2, -0.15) is 5.10 Å². The summed E-state index contributed by atoms with van der Waals surface area (Å²) in [5, 5.41) is 7.41. The van der Waals surface area contributed by atoms with Gasteiger partial charge in [0.05, 0.1) is 29.1 Å². The molecular formula is C22H24N6. The molecule has 3 aromatic heterocycles. The second kappa shape index (κ2) is 7.76. The summed E-state index contributed by atoms with van der Waals surface area (Å²) in [6.07, 6.45) is 5.35. The van der Waals surface area contributed by atoms with Gasteiger partial charge in [0.15, 0.2) is 0 Å². The first-order valence-electron chi connectivity index (χ1n) is 9.61. The molecule has 0 aliphatic carbocycles. The van der Waals surface area contributed by atoms with Crippen LogP contribution < -0.4 is 0 Å². The standard InChI is InChI=1S/C22H24N6/c1-4-20-23-11-10-19(25-20)22-21(17-8-6-5-7-9-17)24-14-28(22)16(3)13-18-12-15(2)26-27-18/h5-12,14,16H,4,13H2,1-3H3,(H,26,27). The third-order valence-corrected chi connectivity index (χ3v) is 4.84. The minimum atomic E-state index is 0.183. The third kappa shape index (κ3) is 3.58. The van der Waals surface area contributed by atoms with Gasteiger partial charge in [-0.05, 0) is 26.0 Å². The summed E-state index contributed by atoms with van der Waals surface area (Å²) < 4.78 is 2.20. The van der Waals surface area contributed by atoms with E-state index >= 15 is 0 Å². The molecule has 0 bridgehead atoms. The molecule has 3 heterocycles. The van der Waals surface area contributed by atoms with Crippen molar-refractivity contribution in [2.75, 3.05) is 0 Å². The number of imidazole rings is 1. The first-order chi connectivity index (χ1) is 13.7. The number of nitrogens with zero attached hydrogens (tertiary/aromatic N) is 5. The van der Waals surface area contributed by atoms with Gasteiger partial charge in [-0.1, -0.05) is 37.3 Å². The number of nitrogens with one attached hydrogen (secondary N) is 1. The smallest absolute Gasteiger partial charge is 0.128 e. The van der Waals surface area contributed by atoms with E-state index in [4.69, 9.17) is 9.97 Å². The number of benzene rings is 1. The van der Waals surface area contributed by atoms with Crippen molar-refractivity contribution in [3.8, 4) is 22.6 Å². The van der Waals surface area contributed by atoms with Crippen LogP contribution in [0.3, 0.4) is 0 Å². The Hall–Kier alpha value is -3.28. The average Bonchev–Trinajstić information content (AvgIpc) is 3.35. The van der Waals surface area contributed by atoms with Crippen molar-refractivity contribution in [2.24, 2.45) is 0 Å². The highest BCUT2D eigenvalue weighted by Gasteiger charge is 2.20. The Labute approximate surface area is 164 Å². The molecule has 0 spiro atoms. The summed E-state index contributed by atoms with van der Waals surface area (Å²) >= 11 is 0. The van der Waals surface area contributed by atoms with E-state index in [9.17, 15) is 0 Å². The van der Waals surface area contributed by atoms with Crippen molar-refractivity contribution < 1.29 is 0 Å². The molecule has 142 valence electrons. The molecule has 1 aromatic carbocycles. The van der Waals surface area contributed by atoms with Crippen molar-refractivity contribution in [1.29, 1.82) is 0 Å². The molecule has 0 saturated carbocycles. The fraction of sp³-hybridized carbons (Fsp3) is 0.273. The number of aromatic amines is 1. The molecule has 0 saturated heterocycles. The highest BCUT2D eigenvalue weighted by Crippen LogP contribution is 2.32. The monoisotopic (exact) mass is 372 g/mol. The maximum Gasteiger partial charge on any atom is 0.128 e. The third-order valence-electron chi connectivity index (χ3n) is 4.84. The van der Waals surface area contributed by atoms with Crippen LogP contribution in [-0.2, 0) is 12.8 Å². The predicted octanol–water partition coefficient (Wildman–Crippen LogP) is 4.40. The summed E-state index contributed by atoms with van der Waals surface area (Å²) in [6.45, 7) is 6.27. The Morgan fingerprint density at radius 2 is 1.93 bits per heavy atom. The fourth-order valence-electron chi connectivity index (χ4n) is 3.44. The van der Waals surface area contributed by atoms with Crippen LogP contribution >= 0.6 is 0 Å². The molecule has 0 amide bonds. The van der Waals surface area contributed by atoms with Gasteiger partial charge in [-0.15, -0.1) is 0 Å². The minimum absolute atomic E-state index is 0.183. The Bertz CT molecular complexity index is 1060. The summed E-state index contributed by atoms with van der Waals surface area (Å²) in [6, 6.07) is 14.5. The topological polar surface area (TPSA) is 72.3 Å². The first kappa shape index (κ1) is 18.1. The highest BCUT2D eigenvalue weighted by molar-refractivity contribution is 5.76. The van der Waals surface area contributed by atoms with Crippen LogP contribution in [0.25, 0.3) is 22.6 Å². The van der Waals surface area contributed by atoms with Gasteiger partial charge in [-0.3, -0.25) is 5.10 Å². The van der Waals surface area contributed by atoms with E-state index in [2.05, 4.69) is 51.8 Å². The Morgan fingerprint density at radius 3 is 2.64 bits per heavy atom. The van der Waals surface area contributed by atoms with E-state index in [1.807, 2.05) is 43.7 Å². The van der Waals surface area contributed by atoms with Gasteiger partial charge >= 0.3 is 0 Å². The van der Waals surface area contributed by atoms with Crippen LogP contribution in [0.2, 0.25) is 0 Å². The lowest BCUT2D eigenvalue weighted by atomic mass is 10.1. The van der Waals surface area contributed by atoms with Gasteiger partial charge in [0, 0.05) is 36.3 Å². The maximum atomic E-state index is 4.78. The Kier molecular flexibility index (Phi) is 5.02. The van der Waals surface area contributed by atoms with Crippen LogP contribution in [0.1, 0.15) is 37.1 Å². The van der Waals surface area contributed by atoms with Gasteiger partial charge in [-0.25, -0.2) is 15.0 Å². The lowest BCUT2D eigenvalue weighted by Gasteiger charge is -2.17. The van der Waals surface area contributed by atoms with E-state index in [-0.39, 0.29) is 6.04 Å². The van der Waals surface area contributed by atoms with Crippen LogP contribution in [0, 0.1) is 6.92 Å². The van der Waals surface area contributed by atoms with E-state index in [0.717, 1.165) is 52.7 Å². The SMILES string of the molecule is CCc1nccc(-c2c(-c3ccccc3)ncn2C(C)Cc2cc(C)[nH]n2)n1. The number of hydrogen-bond donors (Lipinski definition) is 1. The summed E-state index contributed by atoms with van der Waals surface area (Å²) in [5.41, 5.74) is 6.04. The molecular weight excluding hydrogens is 348 g/mol. The molecule has 4 aromatic rings. The molecule has 0 fully saturated rings. The van der Waals surface area contributed by atoms with Crippen molar-refractivity contribution in [1.82, 2.24) is 29.7 Å². The summed E-state index contributed by atoms with van der Waals surface area (Å²) in [7, 11) is 0. The minimum Gasteiger partial charge on any atom is -0.326 e. The zero-order valence-electron chi connectivity index (χ0n) is 16.4. The van der Waals surface area contributed by atoms with Gasteiger partial charge in [0.2, 0.25) is 0 Å². The largest absolute Gasteiger partial charge is 0.326 e. The molecule has 28 heavy (non-hydrogen) atoms. The van der Waals surface area contributed by atoms with E-state index in [1.165, 1.54) is 0 Å². The molecule has 6 heteroatoms. The van der Waals surface area contributed by atoms with Crippen molar-refractivity contribution >= 4 is 0 Å². The number of hydrogen-bond acceptors (Lipinski definition) is 4. The van der Waals surface area contributed by atoms with Crippen molar-refractivity contribution in [3.05, 3.63) is 72.2 Å². The molecule has 1 N–H and O–H groups in total. The van der Waals surface area contributed by atoms with Crippen LogP contribution in [0.15, 0.2) is 55.0 Å². The summed E-state index contributed by atoms with van der Waals surface area (Å²) in [5.74, 6) is 0.833. The Morgan fingerprint density at radius 1 is 1.11 bits per heavy atom. The van der Waals surface area contributed by atoms with Gasteiger partial charge < -0.3 is 4.57 Å². The van der Waals surface area contributed by atoms with E-state index in [0.29, 0.717) is 0 Å². The second-order valence-corrected chi connectivity index (χ2v) is 7.02. The normalized spacial score (nSPS) is 12.2. The second-order valence-electron chi connectivity index (χ2n) is 7.02. The van der Waals surface area contributed by atoms with E-state index in [1.54, 1.807) is 0 Å². The van der Waals surface area contributed by atoms with Gasteiger partial charge in [0.25, 0.3) is 0 Å². The number of H-pyrrole nitrogens is 1. The molecule has 6 nitrogen and oxygen atoms in total. The quantitative estimate of drug-likeness (QED) is 0.544. The molecule has 4 rings (SSSR count). The van der Waals surface area contributed by atoms with Crippen LogP contribution in [0.4, 0.5) is 0 Å². The molecule has 0 aliphatic rings. The fourth-order valence-corrected chi connectivity index (χ4v) is 3.44. The average molecular weight is 372 g/mol. The Balaban J connectivity index is 1.81. The molecule has 0 radical (unpaired) electrons. The molecule has 0 aliphatic heterocycles. The number of rotatable bonds is 6. The maximum absolute atomic E-state index is 4.78. The lowest BCUT2D eigenvalue weighted by molar-refractivity contribution is 0.541. The zero-order valence-corrected chi connectivity index (χ0v) is 16.4.